The first-order valence-electron chi connectivity index (χ1n) is 15.9. The van der Waals surface area contributed by atoms with Crippen LogP contribution in [-0.2, 0) is 0 Å². The molecule has 8 aromatic carbocycles. The fraction of sp³-hybridized carbons (Fsp3) is 0. The molecule has 3 heteroatoms. The zero-order valence-electron chi connectivity index (χ0n) is 25.4. The van der Waals surface area contributed by atoms with E-state index in [4.69, 9.17) is 4.42 Å². The van der Waals surface area contributed by atoms with Gasteiger partial charge < -0.3 is 9.32 Å². The molecule has 0 amide bonds. The molecular formula is C44H27NOS. The van der Waals surface area contributed by atoms with Crippen molar-refractivity contribution in [2.24, 2.45) is 0 Å². The Labute approximate surface area is 275 Å². The summed E-state index contributed by atoms with van der Waals surface area (Å²) in [5.41, 5.74) is 7.33. The van der Waals surface area contributed by atoms with Gasteiger partial charge in [-0.3, -0.25) is 0 Å². The number of anilines is 3. The Balaban J connectivity index is 1.26. The largest absolute Gasteiger partial charge is 0.454 e. The van der Waals surface area contributed by atoms with Gasteiger partial charge in [-0.25, -0.2) is 0 Å². The van der Waals surface area contributed by atoms with Crippen molar-refractivity contribution in [1.29, 1.82) is 0 Å². The third kappa shape index (κ3) is 4.10. The number of nitrogens with zero attached hydrogens (tertiary/aromatic N) is 1. The maximum atomic E-state index is 6.61. The van der Waals surface area contributed by atoms with Crippen LogP contribution >= 0.6 is 11.3 Å². The van der Waals surface area contributed by atoms with Gasteiger partial charge in [-0.05, 0) is 81.2 Å². The van der Waals surface area contributed by atoms with E-state index >= 15 is 0 Å². The third-order valence-electron chi connectivity index (χ3n) is 9.44. The van der Waals surface area contributed by atoms with Crippen molar-refractivity contribution in [1.82, 2.24) is 0 Å². The van der Waals surface area contributed by atoms with Crippen LogP contribution < -0.4 is 4.90 Å². The summed E-state index contributed by atoms with van der Waals surface area (Å²) in [6.45, 7) is 0. The number of hydrogen-bond acceptors (Lipinski definition) is 3. The average molecular weight is 618 g/mol. The number of hydrogen-bond donors (Lipinski definition) is 0. The second-order valence-electron chi connectivity index (χ2n) is 12.1. The maximum Gasteiger partial charge on any atom is 0.159 e. The molecule has 220 valence electrons. The Morgan fingerprint density at radius 1 is 0.426 bits per heavy atom. The molecule has 2 nitrogen and oxygen atoms in total. The summed E-state index contributed by atoms with van der Waals surface area (Å²) in [7, 11) is 0. The summed E-state index contributed by atoms with van der Waals surface area (Å²) >= 11 is 1.87. The maximum absolute atomic E-state index is 6.61. The number of para-hydroxylation sites is 2. The lowest BCUT2D eigenvalue weighted by Gasteiger charge is -2.26. The molecule has 0 saturated carbocycles. The van der Waals surface area contributed by atoms with Crippen molar-refractivity contribution in [2.45, 2.75) is 0 Å². The number of fused-ring (bicyclic) bond motifs is 10. The molecule has 0 unspecified atom stereocenters. The first-order valence-corrected chi connectivity index (χ1v) is 16.7. The van der Waals surface area contributed by atoms with E-state index in [1.807, 2.05) is 17.4 Å². The SMILES string of the molecule is c1ccc(-c2ccc(N(c3ccc4ccc5ccc6sc7ccccc7c6c5c4c3)c3cccc4c3oc3ccccc34)cc2)cc1. The highest BCUT2D eigenvalue weighted by atomic mass is 32.1. The molecule has 0 saturated heterocycles. The Morgan fingerprint density at radius 3 is 2.00 bits per heavy atom. The Kier molecular flexibility index (Phi) is 5.78. The summed E-state index contributed by atoms with van der Waals surface area (Å²) in [5, 5.41) is 9.92. The molecule has 0 spiro atoms. The van der Waals surface area contributed by atoms with Gasteiger partial charge in [-0.15, -0.1) is 11.3 Å². The van der Waals surface area contributed by atoms with Gasteiger partial charge in [0, 0.05) is 42.3 Å². The van der Waals surface area contributed by atoms with Crippen molar-refractivity contribution in [3.63, 3.8) is 0 Å². The first-order chi connectivity index (χ1) is 23.3. The van der Waals surface area contributed by atoms with E-state index in [2.05, 4.69) is 163 Å². The van der Waals surface area contributed by atoms with Crippen LogP contribution in [0.3, 0.4) is 0 Å². The van der Waals surface area contributed by atoms with E-state index in [-0.39, 0.29) is 0 Å². The van der Waals surface area contributed by atoms with Crippen LogP contribution in [0.2, 0.25) is 0 Å². The molecule has 0 atom stereocenters. The quantitative estimate of drug-likeness (QED) is 0.183. The van der Waals surface area contributed by atoms with Crippen molar-refractivity contribution < 1.29 is 4.42 Å². The third-order valence-corrected chi connectivity index (χ3v) is 10.6. The fourth-order valence-electron chi connectivity index (χ4n) is 7.26. The predicted octanol–water partition coefficient (Wildman–Crippen LogP) is 13.4. The zero-order chi connectivity index (χ0) is 30.9. The second-order valence-corrected chi connectivity index (χ2v) is 13.2. The average Bonchev–Trinajstić information content (AvgIpc) is 3.71. The summed E-state index contributed by atoms with van der Waals surface area (Å²) in [4.78, 5) is 2.35. The van der Waals surface area contributed by atoms with E-state index in [1.165, 1.54) is 52.8 Å². The summed E-state index contributed by atoms with van der Waals surface area (Å²) in [5.74, 6) is 0. The topological polar surface area (TPSA) is 16.4 Å². The highest BCUT2D eigenvalue weighted by Crippen LogP contribution is 2.45. The van der Waals surface area contributed by atoms with Gasteiger partial charge in [0.25, 0.3) is 0 Å². The number of rotatable bonds is 4. The standard InChI is InChI=1S/C44H27NOS/c1-2-9-28(10-3-1)29-19-23-32(24-20-29)45(38-14-8-13-35-34-11-4-6-15-39(34)46-44(35)38)33-25-21-30-17-18-31-22-26-41-43(42(31)37(30)27-33)36-12-5-7-16-40(36)47-41/h1-27H. The van der Waals surface area contributed by atoms with Crippen LogP contribution in [0.25, 0.3) is 74.8 Å². The minimum atomic E-state index is 0.880. The molecule has 0 aliphatic carbocycles. The van der Waals surface area contributed by atoms with E-state index < -0.39 is 0 Å². The molecule has 0 bridgehead atoms. The van der Waals surface area contributed by atoms with Gasteiger partial charge in [0.1, 0.15) is 5.58 Å². The summed E-state index contributed by atoms with van der Waals surface area (Å²) in [6.07, 6.45) is 0. The molecule has 0 fully saturated rings. The number of thiophene rings is 1. The van der Waals surface area contributed by atoms with Crippen LogP contribution in [-0.4, -0.2) is 0 Å². The lowest BCUT2D eigenvalue weighted by atomic mass is 9.97. The van der Waals surface area contributed by atoms with Crippen molar-refractivity contribution in [3.05, 3.63) is 164 Å². The highest BCUT2D eigenvalue weighted by molar-refractivity contribution is 7.26. The Morgan fingerprint density at radius 2 is 1.11 bits per heavy atom. The second kappa shape index (κ2) is 10.3. The molecule has 0 N–H and O–H groups in total. The molecule has 2 aromatic heterocycles. The lowest BCUT2D eigenvalue weighted by Crippen LogP contribution is -2.10. The normalized spacial score (nSPS) is 11.8. The van der Waals surface area contributed by atoms with Crippen LogP contribution in [0.5, 0.6) is 0 Å². The van der Waals surface area contributed by atoms with Gasteiger partial charge >= 0.3 is 0 Å². The first kappa shape index (κ1) is 26.3. The number of furan rings is 1. The van der Waals surface area contributed by atoms with E-state index in [0.717, 1.165) is 39.0 Å². The molecule has 0 aliphatic rings. The van der Waals surface area contributed by atoms with Gasteiger partial charge in [0.15, 0.2) is 5.58 Å². The van der Waals surface area contributed by atoms with Gasteiger partial charge in [-0.1, -0.05) is 115 Å². The molecule has 10 aromatic rings. The zero-order valence-corrected chi connectivity index (χ0v) is 26.2. The Bertz CT molecular complexity index is 2790. The smallest absolute Gasteiger partial charge is 0.159 e. The molecular weight excluding hydrogens is 591 g/mol. The molecule has 0 aliphatic heterocycles. The molecule has 2 heterocycles. The van der Waals surface area contributed by atoms with Crippen LogP contribution in [0, 0.1) is 0 Å². The van der Waals surface area contributed by atoms with Crippen molar-refractivity contribution in [3.8, 4) is 11.1 Å². The number of benzene rings is 8. The Hall–Kier alpha value is -5.90. The van der Waals surface area contributed by atoms with Crippen LogP contribution in [0.1, 0.15) is 0 Å². The summed E-state index contributed by atoms with van der Waals surface area (Å²) in [6, 6.07) is 58.9. The molecule has 10 rings (SSSR count). The minimum absolute atomic E-state index is 0.880. The summed E-state index contributed by atoms with van der Waals surface area (Å²) < 4.78 is 9.25. The van der Waals surface area contributed by atoms with Crippen molar-refractivity contribution >= 4 is 92.1 Å². The van der Waals surface area contributed by atoms with Crippen LogP contribution in [0.15, 0.2) is 168 Å². The van der Waals surface area contributed by atoms with E-state index in [1.54, 1.807) is 0 Å². The van der Waals surface area contributed by atoms with Gasteiger partial charge in [0.2, 0.25) is 0 Å². The monoisotopic (exact) mass is 617 g/mol. The van der Waals surface area contributed by atoms with Gasteiger partial charge in [0.05, 0.1) is 5.69 Å². The van der Waals surface area contributed by atoms with Crippen LogP contribution in [0.4, 0.5) is 17.1 Å². The lowest BCUT2D eigenvalue weighted by molar-refractivity contribution is 0.669. The van der Waals surface area contributed by atoms with E-state index in [9.17, 15) is 0 Å². The predicted molar refractivity (Wildman–Crippen MR) is 202 cm³/mol. The van der Waals surface area contributed by atoms with Crippen molar-refractivity contribution in [2.75, 3.05) is 4.90 Å². The fourth-order valence-corrected chi connectivity index (χ4v) is 8.37. The molecule has 47 heavy (non-hydrogen) atoms. The van der Waals surface area contributed by atoms with Gasteiger partial charge in [-0.2, -0.15) is 0 Å². The van der Waals surface area contributed by atoms with E-state index in [0.29, 0.717) is 0 Å². The minimum Gasteiger partial charge on any atom is -0.454 e. The highest BCUT2D eigenvalue weighted by Gasteiger charge is 2.20. The molecule has 0 radical (unpaired) electrons.